The van der Waals surface area contributed by atoms with Gasteiger partial charge in [-0.1, -0.05) is 35.9 Å². The fourth-order valence-corrected chi connectivity index (χ4v) is 3.54. The molecule has 0 unspecified atom stereocenters. The van der Waals surface area contributed by atoms with Crippen molar-refractivity contribution >= 4 is 23.2 Å². The van der Waals surface area contributed by atoms with Crippen molar-refractivity contribution in [1.29, 1.82) is 0 Å². The minimum atomic E-state index is -0.352. The first-order valence-corrected chi connectivity index (χ1v) is 10.4. The van der Waals surface area contributed by atoms with Gasteiger partial charge in [0.1, 0.15) is 0 Å². The summed E-state index contributed by atoms with van der Waals surface area (Å²) < 4.78 is 1.70. The normalized spacial score (nSPS) is 10.9. The van der Waals surface area contributed by atoms with Crippen LogP contribution in [0.5, 0.6) is 0 Å². The zero-order valence-electron chi connectivity index (χ0n) is 17.9. The predicted molar refractivity (Wildman–Crippen MR) is 125 cm³/mol. The van der Waals surface area contributed by atoms with Crippen molar-refractivity contribution in [3.05, 3.63) is 93.8 Å². The summed E-state index contributed by atoms with van der Waals surface area (Å²) in [5.41, 5.74) is 6.73. The van der Waals surface area contributed by atoms with Crippen LogP contribution < -0.4 is 5.32 Å². The molecule has 0 bridgehead atoms. The number of hydrogen-bond donors (Lipinski definition) is 1. The topological polar surface area (TPSA) is 59.8 Å². The largest absolute Gasteiger partial charge is 0.319 e. The first-order valence-electron chi connectivity index (χ1n) is 10.0. The molecule has 0 aliphatic rings. The fourth-order valence-electron chi connectivity index (χ4n) is 3.41. The second-order valence-electron chi connectivity index (χ2n) is 7.67. The number of carbonyl (C=O) groups excluding carboxylic acids is 1. The number of nitrogens with one attached hydrogen (secondary N) is 1. The van der Waals surface area contributed by atoms with Crippen molar-refractivity contribution in [2.45, 2.75) is 27.7 Å². The molecule has 4 rings (SSSR count). The Labute approximate surface area is 186 Å². The minimum absolute atomic E-state index is 0.103. The summed E-state index contributed by atoms with van der Waals surface area (Å²) >= 11 is 6.06. The second-order valence-corrected chi connectivity index (χ2v) is 8.10. The summed E-state index contributed by atoms with van der Waals surface area (Å²) in [4.78, 5) is 17.6. The third-order valence-electron chi connectivity index (χ3n) is 5.37. The monoisotopic (exact) mass is 430 g/mol. The van der Waals surface area contributed by atoms with Gasteiger partial charge >= 0.3 is 0 Å². The Hall–Kier alpha value is -3.44. The number of carbonyl (C=O) groups is 1. The van der Waals surface area contributed by atoms with Gasteiger partial charge in [-0.2, -0.15) is 0 Å². The molecule has 0 radical (unpaired) electrons. The van der Waals surface area contributed by atoms with E-state index in [4.69, 9.17) is 11.6 Å². The van der Waals surface area contributed by atoms with Crippen LogP contribution in [0.15, 0.2) is 60.7 Å². The van der Waals surface area contributed by atoms with Gasteiger partial charge in [-0.05, 0) is 86.3 Å². The molecule has 5 nitrogen and oxygen atoms in total. The summed E-state index contributed by atoms with van der Waals surface area (Å²) in [7, 11) is 0. The lowest BCUT2D eigenvalue weighted by Crippen LogP contribution is -2.16. The molecule has 6 heteroatoms. The molecule has 1 aromatic heterocycles. The van der Waals surface area contributed by atoms with Gasteiger partial charge < -0.3 is 5.32 Å². The molecule has 0 atom stereocenters. The Morgan fingerprint density at radius 2 is 1.55 bits per heavy atom. The summed E-state index contributed by atoms with van der Waals surface area (Å²) in [6, 6.07) is 19.3. The van der Waals surface area contributed by atoms with Crippen molar-refractivity contribution < 1.29 is 4.79 Å². The predicted octanol–water partition coefficient (Wildman–Crippen LogP) is 6.07. The lowest BCUT2D eigenvalue weighted by molar-refractivity contribution is 0.101. The van der Waals surface area contributed by atoms with Gasteiger partial charge in [-0.15, -0.1) is 5.10 Å². The number of hydrogen-bond acceptors (Lipinski definition) is 3. The van der Waals surface area contributed by atoms with Crippen LogP contribution in [-0.4, -0.2) is 20.7 Å². The highest BCUT2D eigenvalue weighted by atomic mass is 35.5. The number of benzene rings is 3. The highest BCUT2D eigenvalue weighted by molar-refractivity contribution is 6.30. The van der Waals surface area contributed by atoms with Crippen molar-refractivity contribution in [3.8, 4) is 17.1 Å². The Balaban J connectivity index is 1.80. The van der Waals surface area contributed by atoms with Crippen LogP contribution in [0.25, 0.3) is 17.1 Å². The van der Waals surface area contributed by atoms with E-state index in [2.05, 4.69) is 22.3 Å². The van der Waals surface area contributed by atoms with E-state index in [0.29, 0.717) is 10.8 Å². The molecule has 156 valence electrons. The number of rotatable bonds is 4. The Morgan fingerprint density at radius 1 is 0.871 bits per heavy atom. The lowest BCUT2D eigenvalue weighted by atomic mass is 10.1. The molecule has 1 heterocycles. The number of anilines is 1. The maximum Gasteiger partial charge on any atom is 0.295 e. The molecule has 0 aliphatic heterocycles. The molecule has 0 spiro atoms. The SMILES string of the molecule is Cc1ccc(-n2nc(C(=O)Nc3c(C)cccc3C)nc2-c2ccc(Cl)cc2)cc1C. The van der Waals surface area contributed by atoms with E-state index < -0.39 is 0 Å². The van der Waals surface area contributed by atoms with Crippen molar-refractivity contribution in [3.63, 3.8) is 0 Å². The fraction of sp³-hybridized carbons (Fsp3) is 0.160. The van der Waals surface area contributed by atoms with Crippen LogP contribution in [-0.2, 0) is 0 Å². The van der Waals surface area contributed by atoms with Crippen LogP contribution in [0.1, 0.15) is 32.9 Å². The number of aromatic nitrogens is 3. The molecule has 0 saturated heterocycles. The second kappa shape index (κ2) is 8.36. The van der Waals surface area contributed by atoms with Gasteiger partial charge in [-0.25, -0.2) is 9.67 Å². The van der Waals surface area contributed by atoms with E-state index in [9.17, 15) is 4.79 Å². The van der Waals surface area contributed by atoms with Crippen LogP contribution in [0.3, 0.4) is 0 Å². The van der Waals surface area contributed by atoms with Gasteiger partial charge in [-0.3, -0.25) is 4.79 Å². The molecule has 1 amide bonds. The van der Waals surface area contributed by atoms with E-state index in [1.807, 2.05) is 69.3 Å². The maximum atomic E-state index is 13.1. The third-order valence-corrected chi connectivity index (χ3v) is 5.62. The number of halogens is 1. The molecule has 3 aromatic carbocycles. The standard InChI is InChI=1S/C25H23ClN4O/c1-15-8-13-21(14-18(15)4)30-24(19-9-11-20(26)12-10-19)28-23(29-30)25(31)27-22-16(2)6-5-7-17(22)3/h5-14H,1-4H3,(H,27,31). The van der Waals surface area contributed by atoms with Crippen molar-refractivity contribution in [2.24, 2.45) is 0 Å². The molecular weight excluding hydrogens is 408 g/mol. The van der Waals surface area contributed by atoms with Crippen LogP contribution in [0, 0.1) is 27.7 Å². The van der Waals surface area contributed by atoms with Crippen LogP contribution in [0.2, 0.25) is 5.02 Å². The third kappa shape index (κ3) is 4.23. The van der Waals surface area contributed by atoms with Crippen LogP contribution >= 0.6 is 11.6 Å². The lowest BCUT2D eigenvalue weighted by Gasteiger charge is -2.09. The average molecular weight is 431 g/mol. The number of aryl methyl sites for hydroxylation is 4. The van der Waals surface area contributed by atoms with Gasteiger partial charge in [0.05, 0.1) is 5.69 Å². The highest BCUT2D eigenvalue weighted by Crippen LogP contribution is 2.25. The van der Waals surface area contributed by atoms with Gasteiger partial charge in [0.25, 0.3) is 5.91 Å². The summed E-state index contributed by atoms with van der Waals surface area (Å²) in [6.07, 6.45) is 0. The Bertz CT molecular complexity index is 1260. The van der Waals surface area contributed by atoms with E-state index >= 15 is 0 Å². The van der Waals surface area contributed by atoms with Gasteiger partial charge in [0.15, 0.2) is 5.82 Å². The van der Waals surface area contributed by atoms with Crippen molar-refractivity contribution in [2.75, 3.05) is 5.32 Å². The quantitative estimate of drug-likeness (QED) is 0.427. The Kier molecular flexibility index (Phi) is 5.61. The highest BCUT2D eigenvalue weighted by Gasteiger charge is 2.20. The average Bonchev–Trinajstić information content (AvgIpc) is 3.19. The van der Waals surface area contributed by atoms with E-state index in [1.54, 1.807) is 16.8 Å². The van der Waals surface area contributed by atoms with E-state index in [0.717, 1.165) is 33.6 Å². The zero-order chi connectivity index (χ0) is 22.1. The number of nitrogens with zero attached hydrogens (tertiary/aromatic N) is 3. The smallest absolute Gasteiger partial charge is 0.295 e. The number of amides is 1. The molecule has 1 N–H and O–H groups in total. The van der Waals surface area contributed by atoms with E-state index in [1.165, 1.54) is 5.56 Å². The molecule has 0 aliphatic carbocycles. The van der Waals surface area contributed by atoms with Gasteiger partial charge in [0.2, 0.25) is 5.82 Å². The molecule has 0 saturated carbocycles. The van der Waals surface area contributed by atoms with Gasteiger partial charge in [0, 0.05) is 16.3 Å². The molecule has 4 aromatic rings. The van der Waals surface area contributed by atoms with Crippen LogP contribution in [0.4, 0.5) is 5.69 Å². The summed E-state index contributed by atoms with van der Waals surface area (Å²) in [5, 5.41) is 8.17. The zero-order valence-corrected chi connectivity index (χ0v) is 18.7. The molecule has 0 fully saturated rings. The Morgan fingerprint density at radius 3 is 2.19 bits per heavy atom. The summed E-state index contributed by atoms with van der Waals surface area (Å²) in [5.74, 6) is 0.326. The van der Waals surface area contributed by atoms with E-state index in [-0.39, 0.29) is 11.7 Å². The summed E-state index contributed by atoms with van der Waals surface area (Å²) in [6.45, 7) is 8.03. The molecular formula is C25H23ClN4O. The molecule has 31 heavy (non-hydrogen) atoms. The maximum absolute atomic E-state index is 13.1. The number of para-hydroxylation sites is 1. The van der Waals surface area contributed by atoms with Crippen molar-refractivity contribution in [1.82, 2.24) is 14.8 Å². The first-order chi connectivity index (χ1) is 14.8. The minimum Gasteiger partial charge on any atom is -0.319 e. The first kappa shape index (κ1) is 20.8.